The van der Waals surface area contributed by atoms with Gasteiger partial charge in [0.25, 0.3) is 0 Å². The highest BCUT2D eigenvalue weighted by Gasteiger charge is 2.23. The van der Waals surface area contributed by atoms with Crippen molar-refractivity contribution in [2.45, 2.75) is 38.3 Å². The van der Waals surface area contributed by atoms with Crippen molar-refractivity contribution in [2.75, 3.05) is 13.7 Å². The van der Waals surface area contributed by atoms with Gasteiger partial charge in [-0.3, -0.25) is 4.90 Å². The molecule has 2 amide bonds. The molecule has 3 aromatic rings. The van der Waals surface area contributed by atoms with Gasteiger partial charge in [0.2, 0.25) is 5.89 Å². The Morgan fingerprint density at radius 2 is 2.06 bits per heavy atom. The second kappa shape index (κ2) is 8.87. The van der Waals surface area contributed by atoms with Gasteiger partial charge in [-0.25, -0.2) is 9.78 Å². The first-order valence-electron chi connectivity index (χ1n) is 11.0. The smallest absolute Gasteiger partial charge is 0.322 e. The van der Waals surface area contributed by atoms with Gasteiger partial charge in [-0.1, -0.05) is 6.07 Å². The number of hydrogen-bond donors (Lipinski definition) is 1. The Balaban J connectivity index is 1.40. The first-order chi connectivity index (χ1) is 16.1. The van der Waals surface area contributed by atoms with Crippen LogP contribution in [0.25, 0.3) is 16.7 Å². The fourth-order valence-electron chi connectivity index (χ4n) is 4.27. The third-order valence-electron chi connectivity index (χ3n) is 6.00. The van der Waals surface area contributed by atoms with E-state index in [0.717, 1.165) is 29.7 Å². The predicted octanol–water partition coefficient (Wildman–Crippen LogP) is 4.60. The SMILES string of the molecule is COc1ccc(C2=CN(Cc3nc4cc(C#N)ccc4o3)C(=O)NC2)cc1OC1CCCC1. The molecule has 2 heterocycles. The number of nitrogens with zero attached hydrogens (tertiary/aromatic N) is 3. The number of carbonyl (C=O) groups excluding carboxylic acids is 1. The number of methoxy groups -OCH3 is 1. The Morgan fingerprint density at radius 3 is 2.85 bits per heavy atom. The Bertz CT molecular complexity index is 1270. The highest BCUT2D eigenvalue weighted by molar-refractivity contribution is 5.84. The number of urea groups is 1. The summed E-state index contributed by atoms with van der Waals surface area (Å²) in [5.41, 5.74) is 3.57. The van der Waals surface area contributed by atoms with Gasteiger partial charge in [-0.15, -0.1) is 0 Å². The fraction of sp³-hybridized carbons (Fsp3) is 0.320. The van der Waals surface area contributed by atoms with Crippen LogP contribution in [0, 0.1) is 11.3 Å². The number of ether oxygens (including phenoxy) is 2. The molecular weight excluding hydrogens is 420 g/mol. The maximum atomic E-state index is 12.5. The summed E-state index contributed by atoms with van der Waals surface area (Å²) in [6, 6.07) is 12.8. The van der Waals surface area contributed by atoms with Gasteiger partial charge >= 0.3 is 6.03 Å². The van der Waals surface area contributed by atoms with E-state index in [4.69, 9.17) is 19.2 Å². The highest BCUT2D eigenvalue weighted by Crippen LogP contribution is 2.34. The lowest BCUT2D eigenvalue weighted by molar-refractivity contribution is 0.200. The van der Waals surface area contributed by atoms with Crippen LogP contribution in [0.3, 0.4) is 0 Å². The number of benzene rings is 2. The summed E-state index contributed by atoms with van der Waals surface area (Å²) < 4.78 is 17.5. The van der Waals surface area contributed by atoms with Crippen LogP contribution in [0.15, 0.2) is 47.0 Å². The second-order valence-electron chi connectivity index (χ2n) is 8.23. The molecule has 1 aromatic heterocycles. The minimum Gasteiger partial charge on any atom is -0.493 e. The summed E-state index contributed by atoms with van der Waals surface area (Å²) in [6.45, 7) is 0.580. The number of oxazole rings is 1. The van der Waals surface area contributed by atoms with E-state index >= 15 is 0 Å². The molecule has 0 atom stereocenters. The molecule has 0 bridgehead atoms. The number of aromatic nitrogens is 1. The van der Waals surface area contributed by atoms with E-state index in [1.807, 2.05) is 24.4 Å². The molecule has 2 aliphatic rings. The molecule has 33 heavy (non-hydrogen) atoms. The molecule has 0 spiro atoms. The molecule has 0 unspecified atom stereocenters. The van der Waals surface area contributed by atoms with Crippen LogP contribution in [-0.2, 0) is 6.54 Å². The molecule has 168 valence electrons. The number of rotatable bonds is 6. The van der Waals surface area contributed by atoms with Gasteiger partial charge in [0.15, 0.2) is 17.1 Å². The monoisotopic (exact) mass is 444 g/mol. The van der Waals surface area contributed by atoms with E-state index in [0.29, 0.717) is 34.8 Å². The van der Waals surface area contributed by atoms with Gasteiger partial charge in [-0.2, -0.15) is 5.26 Å². The molecule has 1 N–H and O–H groups in total. The van der Waals surface area contributed by atoms with Crippen LogP contribution >= 0.6 is 0 Å². The molecule has 2 aromatic carbocycles. The van der Waals surface area contributed by atoms with E-state index in [-0.39, 0.29) is 18.7 Å². The Labute approximate surface area is 191 Å². The Hall–Kier alpha value is -3.99. The maximum absolute atomic E-state index is 12.5. The van der Waals surface area contributed by atoms with Gasteiger partial charge in [-0.05, 0) is 67.2 Å². The zero-order valence-electron chi connectivity index (χ0n) is 18.3. The number of hydrogen-bond acceptors (Lipinski definition) is 6. The third-order valence-corrected chi connectivity index (χ3v) is 6.00. The second-order valence-corrected chi connectivity index (χ2v) is 8.23. The van der Waals surface area contributed by atoms with E-state index in [1.165, 1.54) is 17.7 Å². The Kier molecular flexibility index (Phi) is 5.61. The first kappa shape index (κ1) is 20.9. The zero-order chi connectivity index (χ0) is 22.8. The lowest BCUT2D eigenvalue weighted by Gasteiger charge is -2.25. The van der Waals surface area contributed by atoms with Crippen molar-refractivity contribution in [3.8, 4) is 17.6 Å². The topological polar surface area (TPSA) is 101 Å². The molecule has 1 aliphatic heterocycles. The molecule has 5 rings (SSSR count). The molecule has 8 nitrogen and oxygen atoms in total. The lowest BCUT2D eigenvalue weighted by atomic mass is 10.0. The summed E-state index contributed by atoms with van der Waals surface area (Å²) in [4.78, 5) is 18.5. The summed E-state index contributed by atoms with van der Waals surface area (Å²) in [6.07, 6.45) is 6.51. The van der Waals surface area contributed by atoms with Crippen molar-refractivity contribution in [3.05, 3.63) is 59.6 Å². The van der Waals surface area contributed by atoms with Crippen LogP contribution in [0.5, 0.6) is 11.5 Å². The number of nitrogens with one attached hydrogen (secondary N) is 1. The standard InChI is InChI=1S/C25H24N4O4/c1-31-22-9-7-17(11-23(22)32-19-4-2-3-5-19)18-13-27-25(30)29(14-18)15-24-28-20-10-16(12-26)6-8-21(20)33-24/h6-11,14,19H,2-5,13,15H2,1H3,(H,27,30). The minimum absolute atomic E-state index is 0.174. The lowest BCUT2D eigenvalue weighted by Crippen LogP contribution is -2.41. The van der Waals surface area contributed by atoms with Crippen molar-refractivity contribution in [1.82, 2.24) is 15.2 Å². The third kappa shape index (κ3) is 4.35. The van der Waals surface area contributed by atoms with Crippen molar-refractivity contribution in [1.29, 1.82) is 5.26 Å². The molecule has 1 saturated carbocycles. The minimum atomic E-state index is -0.227. The summed E-state index contributed by atoms with van der Waals surface area (Å²) in [5.74, 6) is 1.82. The molecule has 8 heteroatoms. The number of fused-ring (bicyclic) bond motifs is 1. The molecule has 0 saturated heterocycles. The van der Waals surface area contributed by atoms with Crippen molar-refractivity contribution in [3.63, 3.8) is 0 Å². The number of nitriles is 1. The van der Waals surface area contributed by atoms with Crippen LogP contribution in [0.2, 0.25) is 0 Å². The quantitative estimate of drug-likeness (QED) is 0.597. The van der Waals surface area contributed by atoms with Crippen molar-refractivity contribution >= 4 is 22.7 Å². The molecule has 1 fully saturated rings. The number of amides is 2. The van der Waals surface area contributed by atoms with Crippen LogP contribution in [-0.4, -0.2) is 35.7 Å². The van der Waals surface area contributed by atoms with E-state index in [9.17, 15) is 4.79 Å². The average Bonchev–Trinajstić information content (AvgIpc) is 3.49. The highest BCUT2D eigenvalue weighted by atomic mass is 16.5. The van der Waals surface area contributed by atoms with Gasteiger partial charge in [0, 0.05) is 12.7 Å². The maximum Gasteiger partial charge on any atom is 0.322 e. The zero-order valence-corrected chi connectivity index (χ0v) is 18.3. The fourth-order valence-corrected chi connectivity index (χ4v) is 4.27. The van der Waals surface area contributed by atoms with E-state index < -0.39 is 0 Å². The average molecular weight is 444 g/mol. The van der Waals surface area contributed by atoms with E-state index in [2.05, 4.69) is 16.4 Å². The van der Waals surface area contributed by atoms with Crippen LogP contribution in [0.1, 0.15) is 42.7 Å². The van der Waals surface area contributed by atoms with Crippen LogP contribution < -0.4 is 14.8 Å². The number of carbonyl (C=O) groups is 1. The molecule has 0 radical (unpaired) electrons. The van der Waals surface area contributed by atoms with Gasteiger partial charge < -0.3 is 19.2 Å². The molecular formula is C25H24N4O4. The first-order valence-corrected chi connectivity index (χ1v) is 11.0. The van der Waals surface area contributed by atoms with Crippen LogP contribution in [0.4, 0.5) is 4.79 Å². The van der Waals surface area contributed by atoms with E-state index in [1.54, 1.807) is 25.3 Å². The summed E-state index contributed by atoms with van der Waals surface area (Å²) in [5, 5.41) is 12.0. The summed E-state index contributed by atoms with van der Waals surface area (Å²) in [7, 11) is 1.64. The van der Waals surface area contributed by atoms with Crippen molar-refractivity contribution < 1.29 is 18.7 Å². The largest absolute Gasteiger partial charge is 0.493 e. The normalized spacial score (nSPS) is 16.4. The predicted molar refractivity (Wildman–Crippen MR) is 122 cm³/mol. The molecule has 1 aliphatic carbocycles. The Morgan fingerprint density at radius 1 is 1.21 bits per heavy atom. The van der Waals surface area contributed by atoms with Crippen molar-refractivity contribution in [2.24, 2.45) is 0 Å². The summed E-state index contributed by atoms with van der Waals surface area (Å²) >= 11 is 0. The van der Waals surface area contributed by atoms with Gasteiger partial charge in [0.1, 0.15) is 12.1 Å². The van der Waals surface area contributed by atoms with Gasteiger partial charge in [0.05, 0.1) is 24.8 Å².